The molecule has 0 N–H and O–H groups in total. The number of benzene rings is 1. The number of rotatable bonds is 5. The van der Waals surface area contributed by atoms with Gasteiger partial charge in [0.1, 0.15) is 0 Å². The summed E-state index contributed by atoms with van der Waals surface area (Å²) in [4.78, 5) is 2.16. The zero-order valence-corrected chi connectivity index (χ0v) is 10.9. The monoisotopic (exact) mass is 252 g/mol. The van der Waals surface area contributed by atoms with Crippen molar-refractivity contribution in [3.63, 3.8) is 0 Å². The van der Waals surface area contributed by atoms with Crippen LogP contribution in [0, 0.1) is 11.3 Å². The molecule has 0 unspecified atom stereocenters. The van der Waals surface area contributed by atoms with E-state index in [1.807, 2.05) is 24.9 Å². The quantitative estimate of drug-likeness (QED) is 0.792. The Hall–Kier alpha value is -1.38. The summed E-state index contributed by atoms with van der Waals surface area (Å²) in [6.07, 6.45) is 0. The summed E-state index contributed by atoms with van der Waals surface area (Å²) in [6.45, 7) is 3.28. The molecule has 1 rings (SSSR count). The molecule has 17 heavy (non-hydrogen) atoms. The van der Waals surface area contributed by atoms with Gasteiger partial charge in [-0.05, 0) is 31.8 Å². The minimum absolute atomic E-state index is 0.0756. The van der Waals surface area contributed by atoms with Crippen molar-refractivity contribution in [1.82, 2.24) is 4.90 Å². The average molecular weight is 252 g/mol. The molecule has 0 spiro atoms. The summed E-state index contributed by atoms with van der Waals surface area (Å²) >= 11 is 0. The smallest absolute Gasteiger partial charge is 0.179 e. The number of nitriles is 1. The van der Waals surface area contributed by atoms with Gasteiger partial charge in [-0.25, -0.2) is 8.42 Å². The molecule has 5 heteroatoms. The lowest BCUT2D eigenvalue weighted by Crippen LogP contribution is -2.25. The summed E-state index contributed by atoms with van der Waals surface area (Å²) in [6, 6.07) is 8.08. The molecule has 4 nitrogen and oxygen atoms in total. The Labute approximate surface area is 102 Å². The highest BCUT2D eigenvalue weighted by molar-refractivity contribution is 7.91. The lowest BCUT2D eigenvalue weighted by atomic mass is 10.2. The molecule has 0 aliphatic heterocycles. The Balaban J connectivity index is 2.86. The predicted molar refractivity (Wildman–Crippen MR) is 66.4 cm³/mol. The van der Waals surface area contributed by atoms with E-state index in [-0.39, 0.29) is 10.6 Å². The fraction of sp³-hybridized carbons (Fsp3) is 0.417. The molecule has 0 saturated carbocycles. The highest BCUT2D eigenvalue weighted by Crippen LogP contribution is 2.12. The van der Waals surface area contributed by atoms with E-state index in [4.69, 9.17) is 5.26 Å². The second kappa shape index (κ2) is 5.80. The Bertz CT molecular complexity index is 518. The summed E-state index contributed by atoms with van der Waals surface area (Å²) in [5.41, 5.74) is 0.370. The van der Waals surface area contributed by atoms with Crippen LogP contribution in [0.15, 0.2) is 29.2 Å². The van der Waals surface area contributed by atoms with Crippen LogP contribution in [0.4, 0.5) is 0 Å². The van der Waals surface area contributed by atoms with Crippen LogP contribution in [-0.4, -0.2) is 39.2 Å². The van der Waals surface area contributed by atoms with E-state index >= 15 is 0 Å². The molecule has 0 atom stereocenters. The third kappa shape index (κ3) is 3.84. The maximum Gasteiger partial charge on any atom is 0.179 e. The van der Waals surface area contributed by atoms with Crippen molar-refractivity contribution >= 4 is 9.84 Å². The molecular weight excluding hydrogens is 236 g/mol. The minimum atomic E-state index is -3.29. The zero-order chi connectivity index (χ0) is 12.9. The van der Waals surface area contributed by atoms with E-state index in [0.717, 1.165) is 6.54 Å². The van der Waals surface area contributed by atoms with E-state index in [1.54, 1.807) is 12.1 Å². The van der Waals surface area contributed by atoms with Crippen LogP contribution in [0.2, 0.25) is 0 Å². The van der Waals surface area contributed by atoms with Crippen LogP contribution in [0.3, 0.4) is 0 Å². The van der Waals surface area contributed by atoms with E-state index < -0.39 is 9.84 Å². The zero-order valence-electron chi connectivity index (χ0n) is 10.0. The van der Waals surface area contributed by atoms with Gasteiger partial charge in [-0.3, -0.25) is 0 Å². The second-order valence-corrected chi connectivity index (χ2v) is 5.96. The van der Waals surface area contributed by atoms with Crippen LogP contribution in [-0.2, 0) is 9.84 Å². The van der Waals surface area contributed by atoms with E-state index in [9.17, 15) is 8.42 Å². The van der Waals surface area contributed by atoms with Crippen LogP contribution in [0.25, 0.3) is 0 Å². The van der Waals surface area contributed by atoms with Crippen molar-refractivity contribution in [3.8, 4) is 6.07 Å². The third-order valence-corrected chi connectivity index (χ3v) is 4.30. The Morgan fingerprint density at radius 2 is 2.12 bits per heavy atom. The van der Waals surface area contributed by atoms with Crippen molar-refractivity contribution in [1.29, 1.82) is 5.26 Å². The summed E-state index contributed by atoms with van der Waals surface area (Å²) in [5.74, 6) is 0.0756. The summed E-state index contributed by atoms with van der Waals surface area (Å²) in [5, 5.41) is 8.73. The predicted octanol–water partition coefficient (Wildman–Crippen LogP) is 1.28. The first-order valence-corrected chi connectivity index (χ1v) is 7.06. The third-order valence-electron chi connectivity index (χ3n) is 2.60. The first kappa shape index (κ1) is 13.7. The molecule has 0 heterocycles. The number of sulfone groups is 1. The molecule has 0 aliphatic rings. The first-order valence-electron chi connectivity index (χ1n) is 5.41. The Morgan fingerprint density at radius 3 is 2.71 bits per heavy atom. The van der Waals surface area contributed by atoms with E-state index in [1.165, 1.54) is 12.1 Å². The first-order chi connectivity index (χ1) is 7.99. The van der Waals surface area contributed by atoms with Crippen LogP contribution >= 0.6 is 0 Å². The molecule has 0 amide bonds. The van der Waals surface area contributed by atoms with Gasteiger partial charge in [0.05, 0.1) is 22.3 Å². The van der Waals surface area contributed by atoms with Gasteiger partial charge in [0, 0.05) is 6.54 Å². The highest BCUT2D eigenvalue weighted by Gasteiger charge is 2.15. The molecule has 0 saturated heterocycles. The van der Waals surface area contributed by atoms with Crippen molar-refractivity contribution in [2.24, 2.45) is 0 Å². The molecule has 92 valence electrons. The van der Waals surface area contributed by atoms with Gasteiger partial charge in [-0.15, -0.1) is 0 Å². The molecule has 0 fully saturated rings. The molecule has 1 aromatic carbocycles. The number of nitrogens with zero attached hydrogens (tertiary/aromatic N) is 2. The van der Waals surface area contributed by atoms with Crippen LogP contribution in [0.1, 0.15) is 12.5 Å². The van der Waals surface area contributed by atoms with Crippen molar-refractivity contribution < 1.29 is 8.42 Å². The lowest BCUT2D eigenvalue weighted by molar-refractivity contribution is 0.373. The van der Waals surface area contributed by atoms with Crippen LogP contribution < -0.4 is 0 Å². The normalized spacial score (nSPS) is 11.4. The lowest BCUT2D eigenvalue weighted by Gasteiger charge is -2.13. The van der Waals surface area contributed by atoms with Gasteiger partial charge in [-0.1, -0.05) is 13.0 Å². The summed E-state index contributed by atoms with van der Waals surface area (Å²) < 4.78 is 24.0. The SMILES string of the molecule is CCN(C)CCS(=O)(=O)c1cccc(C#N)c1. The molecule has 1 aromatic rings. The molecule has 0 aromatic heterocycles. The van der Waals surface area contributed by atoms with Gasteiger partial charge in [0.15, 0.2) is 9.84 Å². The maximum absolute atomic E-state index is 12.0. The fourth-order valence-electron chi connectivity index (χ4n) is 1.31. The largest absolute Gasteiger partial charge is 0.306 e. The van der Waals surface area contributed by atoms with Gasteiger partial charge >= 0.3 is 0 Å². The van der Waals surface area contributed by atoms with Crippen molar-refractivity contribution in [3.05, 3.63) is 29.8 Å². The standard InChI is InChI=1S/C12H16N2O2S/c1-3-14(2)7-8-17(15,16)12-6-4-5-11(9-12)10-13/h4-6,9H,3,7-8H2,1-2H3. The second-order valence-electron chi connectivity index (χ2n) is 3.85. The highest BCUT2D eigenvalue weighted by atomic mass is 32.2. The van der Waals surface area contributed by atoms with E-state index in [0.29, 0.717) is 12.1 Å². The summed E-state index contributed by atoms with van der Waals surface area (Å²) in [7, 11) is -1.41. The molecular formula is C12H16N2O2S. The number of hydrogen-bond donors (Lipinski definition) is 0. The molecule has 0 aliphatic carbocycles. The number of hydrogen-bond acceptors (Lipinski definition) is 4. The van der Waals surface area contributed by atoms with Gasteiger partial charge in [-0.2, -0.15) is 5.26 Å². The minimum Gasteiger partial charge on any atom is -0.306 e. The average Bonchev–Trinajstić information content (AvgIpc) is 2.36. The Kier molecular flexibility index (Phi) is 4.67. The van der Waals surface area contributed by atoms with Crippen LogP contribution in [0.5, 0.6) is 0 Å². The van der Waals surface area contributed by atoms with Gasteiger partial charge in [0.2, 0.25) is 0 Å². The van der Waals surface area contributed by atoms with Gasteiger partial charge in [0.25, 0.3) is 0 Å². The molecule has 0 bridgehead atoms. The van der Waals surface area contributed by atoms with Gasteiger partial charge < -0.3 is 4.90 Å². The van der Waals surface area contributed by atoms with Crippen molar-refractivity contribution in [2.45, 2.75) is 11.8 Å². The van der Waals surface area contributed by atoms with E-state index in [2.05, 4.69) is 0 Å². The topological polar surface area (TPSA) is 61.2 Å². The maximum atomic E-state index is 12.0. The molecule has 0 radical (unpaired) electrons. The Morgan fingerprint density at radius 1 is 1.41 bits per heavy atom. The fourth-order valence-corrected chi connectivity index (χ4v) is 2.69. The van der Waals surface area contributed by atoms with Crippen molar-refractivity contribution in [2.75, 3.05) is 25.9 Å².